The summed E-state index contributed by atoms with van der Waals surface area (Å²) in [5.74, 6) is 0. The van der Waals surface area contributed by atoms with Crippen molar-refractivity contribution in [3.05, 3.63) is 90.5 Å². The monoisotopic (exact) mass is 403 g/mol. The number of hydrogen-bond donors (Lipinski definition) is 0. The van der Waals surface area contributed by atoms with Gasteiger partial charge < -0.3 is 0 Å². The van der Waals surface area contributed by atoms with Gasteiger partial charge in [0.05, 0.1) is 6.54 Å². The molecule has 0 N–H and O–H groups in total. The van der Waals surface area contributed by atoms with E-state index >= 15 is 0 Å². The molecule has 0 aliphatic heterocycles. The molecule has 0 saturated heterocycles. The second-order valence-corrected chi connectivity index (χ2v) is 8.86. The van der Waals surface area contributed by atoms with E-state index < -0.39 is 0 Å². The molecule has 30 heavy (non-hydrogen) atoms. The summed E-state index contributed by atoms with van der Waals surface area (Å²) in [6.07, 6.45) is 15.7. The summed E-state index contributed by atoms with van der Waals surface area (Å²) in [5, 5.41) is 0. The Bertz CT molecular complexity index is 853. The maximum absolute atomic E-state index is 2.49. The van der Waals surface area contributed by atoms with Crippen LogP contribution in [-0.4, -0.2) is 4.57 Å². The zero-order valence-corrected chi connectivity index (χ0v) is 19.1. The summed E-state index contributed by atoms with van der Waals surface area (Å²) in [6, 6.07) is 22.6. The molecule has 0 fully saturated rings. The minimum absolute atomic E-state index is 0.0258. The Hall–Kier alpha value is -2.35. The average molecular weight is 404 g/mol. The molecule has 1 heterocycles. The van der Waals surface area contributed by atoms with Crippen LogP contribution in [0.4, 0.5) is 0 Å². The van der Waals surface area contributed by atoms with Gasteiger partial charge in [-0.05, 0) is 37.3 Å². The lowest BCUT2D eigenvalue weighted by atomic mass is 9.70. The molecule has 0 amide bonds. The summed E-state index contributed by atoms with van der Waals surface area (Å²) >= 11 is 0. The van der Waals surface area contributed by atoms with Crippen molar-refractivity contribution in [2.24, 2.45) is 0 Å². The van der Waals surface area contributed by atoms with E-state index in [1.165, 1.54) is 49.7 Å². The molecule has 2 aromatic carbocycles. The number of aromatic nitrogens is 2. The summed E-state index contributed by atoms with van der Waals surface area (Å²) in [6.45, 7) is 7.99. The van der Waals surface area contributed by atoms with Gasteiger partial charge in [-0.1, -0.05) is 100 Å². The molecule has 3 aromatic rings. The smallest absolute Gasteiger partial charge is 0.237 e. The Labute approximate surface area is 183 Å². The maximum Gasteiger partial charge on any atom is 0.243 e. The van der Waals surface area contributed by atoms with E-state index in [2.05, 4.69) is 109 Å². The molecule has 2 heteroatoms. The molecule has 0 spiro atoms. The van der Waals surface area contributed by atoms with E-state index in [-0.39, 0.29) is 5.41 Å². The quantitative estimate of drug-likeness (QED) is 0.230. The van der Waals surface area contributed by atoms with E-state index in [1.807, 2.05) is 0 Å². The van der Waals surface area contributed by atoms with Crippen molar-refractivity contribution < 1.29 is 4.57 Å². The van der Waals surface area contributed by atoms with Gasteiger partial charge in [-0.25, -0.2) is 9.13 Å². The van der Waals surface area contributed by atoms with Crippen LogP contribution >= 0.6 is 0 Å². The molecular weight excluding hydrogens is 364 g/mol. The fourth-order valence-corrected chi connectivity index (χ4v) is 4.77. The highest BCUT2D eigenvalue weighted by atomic mass is 15.1. The number of hydrogen-bond acceptors (Lipinski definition) is 0. The third-order valence-electron chi connectivity index (χ3n) is 6.60. The maximum atomic E-state index is 2.49. The van der Waals surface area contributed by atoms with Crippen LogP contribution in [0.25, 0.3) is 0 Å². The first-order valence-electron chi connectivity index (χ1n) is 11.8. The number of nitrogens with zero attached hydrogens (tertiary/aromatic N) is 2. The van der Waals surface area contributed by atoms with Crippen LogP contribution in [-0.2, 0) is 18.4 Å². The molecule has 2 unspecified atom stereocenters. The van der Waals surface area contributed by atoms with Crippen molar-refractivity contribution in [3.63, 3.8) is 0 Å². The van der Waals surface area contributed by atoms with Gasteiger partial charge in [0, 0.05) is 5.41 Å². The van der Waals surface area contributed by atoms with Gasteiger partial charge in [-0.15, -0.1) is 0 Å². The van der Waals surface area contributed by atoms with Crippen LogP contribution < -0.4 is 4.57 Å². The van der Waals surface area contributed by atoms with Crippen molar-refractivity contribution in [1.82, 2.24) is 4.57 Å². The highest BCUT2D eigenvalue weighted by Crippen LogP contribution is 2.41. The average Bonchev–Trinajstić information content (AvgIpc) is 3.26. The largest absolute Gasteiger partial charge is 0.243 e. The molecule has 0 aliphatic rings. The molecular formula is C28H39N2+. The minimum atomic E-state index is 0.0258. The molecule has 2 nitrogen and oxygen atoms in total. The zero-order chi connectivity index (χ0) is 21.2. The Kier molecular flexibility index (Phi) is 8.30. The van der Waals surface area contributed by atoms with Crippen LogP contribution in [0.5, 0.6) is 0 Å². The highest BCUT2D eigenvalue weighted by molar-refractivity contribution is 5.30. The van der Waals surface area contributed by atoms with Gasteiger partial charge in [0.1, 0.15) is 18.4 Å². The molecule has 2 atom stereocenters. The number of unbranched alkanes of at least 4 members (excludes halogenated alkanes) is 4. The van der Waals surface area contributed by atoms with Gasteiger partial charge in [-0.2, -0.15) is 0 Å². The Balaban J connectivity index is 1.96. The first kappa shape index (κ1) is 22.3. The minimum Gasteiger partial charge on any atom is -0.237 e. The third kappa shape index (κ3) is 5.62. The Morgan fingerprint density at radius 1 is 0.867 bits per heavy atom. The van der Waals surface area contributed by atoms with Gasteiger partial charge in [0.2, 0.25) is 6.33 Å². The van der Waals surface area contributed by atoms with Gasteiger partial charge in [0.25, 0.3) is 0 Å². The van der Waals surface area contributed by atoms with Gasteiger partial charge >= 0.3 is 0 Å². The van der Waals surface area contributed by atoms with E-state index in [0.717, 1.165) is 13.0 Å². The number of aryl methyl sites for hydroxylation is 1. The first-order chi connectivity index (χ1) is 14.7. The number of rotatable bonds is 12. The Morgan fingerprint density at radius 2 is 1.53 bits per heavy atom. The summed E-state index contributed by atoms with van der Waals surface area (Å²) in [4.78, 5) is 0. The van der Waals surface area contributed by atoms with Crippen molar-refractivity contribution >= 4 is 0 Å². The van der Waals surface area contributed by atoms with E-state index in [9.17, 15) is 0 Å². The third-order valence-corrected chi connectivity index (χ3v) is 6.60. The van der Waals surface area contributed by atoms with Crippen molar-refractivity contribution in [1.29, 1.82) is 0 Å². The molecule has 3 rings (SSSR count). The summed E-state index contributed by atoms with van der Waals surface area (Å²) < 4.78 is 4.78. The topological polar surface area (TPSA) is 8.81 Å². The molecule has 0 aliphatic carbocycles. The fraction of sp³-hybridized carbons (Fsp3) is 0.464. The number of benzene rings is 2. The summed E-state index contributed by atoms with van der Waals surface area (Å²) in [7, 11) is 0. The first-order valence-corrected chi connectivity index (χ1v) is 11.8. The van der Waals surface area contributed by atoms with E-state index in [4.69, 9.17) is 0 Å². The lowest BCUT2D eigenvalue weighted by Crippen LogP contribution is -2.37. The molecule has 160 valence electrons. The summed E-state index contributed by atoms with van der Waals surface area (Å²) in [5.41, 5.74) is 2.87. The van der Waals surface area contributed by atoms with Crippen LogP contribution in [0.3, 0.4) is 0 Å². The number of imidazole rings is 1. The van der Waals surface area contributed by atoms with Crippen molar-refractivity contribution in [2.45, 2.75) is 83.7 Å². The standard InChI is InChI=1S/C28H39N2/c1-4-6-7-8-15-20-27(30-22-21-29(5-2)24-30)28(3,26-18-13-10-14-19-26)23-25-16-11-9-12-17-25/h9-14,16-19,21-22,24,27H,4-8,15,20,23H2,1-3H3/q+1. The van der Waals surface area contributed by atoms with Crippen LogP contribution in [0.15, 0.2) is 79.4 Å². The lowest BCUT2D eigenvalue weighted by Gasteiger charge is -2.37. The lowest BCUT2D eigenvalue weighted by molar-refractivity contribution is -0.693. The van der Waals surface area contributed by atoms with Crippen molar-refractivity contribution in [2.75, 3.05) is 0 Å². The normalized spacial score (nSPS) is 14.4. The zero-order valence-electron chi connectivity index (χ0n) is 19.1. The van der Waals surface area contributed by atoms with Crippen LogP contribution in [0, 0.1) is 0 Å². The molecule has 1 aromatic heterocycles. The van der Waals surface area contributed by atoms with E-state index in [1.54, 1.807) is 0 Å². The molecule has 0 radical (unpaired) electrons. The highest BCUT2D eigenvalue weighted by Gasteiger charge is 2.40. The fourth-order valence-electron chi connectivity index (χ4n) is 4.77. The van der Waals surface area contributed by atoms with Crippen molar-refractivity contribution in [3.8, 4) is 0 Å². The van der Waals surface area contributed by atoms with Crippen LogP contribution in [0.1, 0.15) is 76.5 Å². The molecule has 0 bridgehead atoms. The predicted octanol–water partition coefficient (Wildman–Crippen LogP) is 6.90. The SMILES string of the molecule is CCCCCCCC(n1cc[n+](CC)c1)C(C)(Cc1ccccc1)c1ccccc1. The molecule has 0 saturated carbocycles. The second-order valence-electron chi connectivity index (χ2n) is 8.86. The van der Waals surface area contributed by atoms with Crippen LogP contribution in [0.2, 0.25) is 0 Å². The predicted molar refractivity (Wildman–Crippen MR) is 127 cm³/mol. The Morgan fingerprint density at radius 3 is 2.17 bits per heavy atom. The second kappa shape index (κ2) is 11.2. The van der Waals surface area contributed by atoms with Gasteiger partial charge in [-0.3, -0.25) is 0 Å². The van der Waals surface area contributed by atoms with Gasteiger partial charge in [0.15, 0.2) is 0 Å². The van der Waals surface area contributed by atoms with E-state index in [0.29, 0.717) is 6.04 Å².